The summed E-state index contributed by atoms with van der Waals surface area (Å²) in [4.78, 5) is 12.1. The standard InChI is InChI=1S/C20H25FN2O3S/c1-20(2,3)16-7-11-18(12-8-16)23(27(4,25)26)14-13-22-19(24)15-5-9-17(21)10-6-15/h5-12H,13-14H2,1-4H3,(H,22,24). The molecule has 2 rings (SSSR count). The van der Waals surface area contributed by atoms with Crippen LogP contribution in [-0.4, -0.2) is 33.7 Å². The van der Waals surface area contributed by atoms with E-state index < -0.39 is 15.8 Å². The van der Waals surface area contributed by atoms with Crippen LogP contribution in [0.5, 0.6) is 0 Å². The number of anilines is 1. The van der Waals surface area contributed by atoms with Crippen molar-refractivity contribution in [2.45, 2.75) is 26.2 Å². The third kappa shape index (κ3) is 5.79. The highest BCUT2D eigenvalue weighted by Gasteiger charge is 2.19. The summed E-state index contributed by atoms with van der Waals surface area (Å²) in [5.74, 6) is -0.806. The number of nitrogens with zero attached hydrogens (tertiary/aromatic N) is 1. The van der Waals surface area contributed by atoms with Crippen molar-refractivity contribution in [3.05, 3.63) is 65.5 Å². The normalized spacial score (nSPS) is 11.9. The number of sulfonamides is 1. The summed E-state index contributed by atoms with van der Waals surface area (Å²) < 4.78 is 38.5. The van der Waals surface area contributed by atoms with Gasteiger partial charge in [0, 0.05) is 12.1 Å². The molecule has 0 atom stereocenters. The molecule has 0 saturated heterocycles. The smallest absolute Gasteiger partial charge is 0.251 e. The van der Waals surface area contributed by atoms with Crippen molar-refractivity contribution in [3.8, 4) is 0 Å². The molecule has 5 nitrogen and oxygen atoms in total. The van der Waals surface area contributed by atoms with E-state index in [1.54, 1.807) is 12.1 Å². The Kier molecular flexibility index (Phi) is 6.26. The lowest BCUT2D eigenvalue weighted by Crippen LogP contribution is -2.38. The summed E-state index contributed by atoms with van der Waals surface area (Å²) in [5, 5.41) is 2.66. The van der Waals surface area contributed by atoms with Crippen LogP contribution in [0.15, 0.2) is 48.5 Å². The highest BCUT2D eigenvalue weighted by Crippen LogP contribution is 2.25. The maximum absolute atomic E-state index is 12.9. The highest BCUT2D eigenvalue weighted by molar-refractivity contribution is 7.92. The van der Waals surface area contributed by atoms with E-state index in [2.05, 4.69) is 26.1 Å². The number of carbonyl (C=O) groups is 1. The molecule has 0 aliphatic carbocycles. The van der Waals surface area contributed by atoms with Gasteiger partial charge in [0.2, 0.25) is 10.0 Å². The molecule has 0 aliphatic rings. The molecule has 0 aliphatic heterocycles. The van der Waals surface area contributed by atoms with Crippen molar-refractivity contribution >= 4 is 21.6 Å². The van der Waals surface area contributed by atoms with Gasteiger partial charge in [-0.15, -0.1) is 0 Å². The lowest BCUT2D eigenvalue weighted by atomic mass is 9.87. The summed E-state index contributed by atoms with van der Waals surface area (Å²) in [6.07, 6.45) is 1.13. The third-order valence-electron chi connectivity index (χ3n) is 4.13. The summed E-state index contributed by atoms with van der Waals surface area (Å²) >= 11 is 0. The molecule has 0 radical (unpaired) electrons. The van der Waals surface area contributed by atoms with Crippen molar-refractivity contribution in [3.63, 3.8) is 0 Å². The van der Waals surface area contributed by atoms with Gasteiger partial charge in [0.1, 0.15) is 5.82 Å². The monoisotopic (exact) mass is 392 g/mol. The van der Waals surface area contributed by atoms with Gasteiger partial charge in [-0.25, -0.2) is 12.8 Å². The third-order valence-corrected chi connectivity index (χ3v) is 5.32. The van der Waals surface area contributed by atoms with E-state index in [4.69, 9.17) is 0 Å². The highest BCUT2D eigenvalue weighted by atomic mass is 32.2. The molecule has 0 bridgehead atoms. The molecular formula is C20H25FN2O3S. The number of hydrogen-bond donors (Lipinski definition) is 1. The second-order valence-electron chi connectivity index (χ2n) is 7.39. The number of benzene rings is 2. The van der Waals surface area contributed by atoms with E-state index in [0.29, 0.717) is 11.3 Å². The van der Waals surface area contributed by atoms with E-state index in [-0.39, 0.29) is 24.4 Å². The maximum atomic E-state index is 12.9. The van der Waals surface area contributed by atoms with Gasteiger partial charge in [0.05, 0.1) is 18.5 Å². The molecular weight excluding hydrogens is 367 g/mol. The second-order valence-corrected chi connectivity index (χ2v) is 9.30. The zero-order chi connectivity index (χ0) is 20.2. The van der Waals surface area contributed by atoms with Crippen LogP contribution in [0.1, 0.15) is 36.7 Å². The lowest BCUT2D eigenvalue weighted by Gasteiger charge is -2.24. The van der Waals surface area contributed by atoms with Crippen molar-refractivity contribution < 1.29 is 17.6 Å². The van der Waals surface area contributed by atoms with Gasteiger partial charge in [-0.1, -0.05) is 32.9 Å². The molecule has 1 N–H and O–H groups in total. The Balaban J connectivity index is 2.07. The molecule has 0 heterocycles. The number of nitrogens with one attached hydrogen (secondary N) is 1. The molecule has 7 heteroatoms. The van der Waals surface area contributed by atoms with Gasteiger partial charge in [-0.3, -0.25) is 9.10 Å². The van der Waals surface area contributed by atoms with E-state index in [1.807, 2.05) is 12.1 Å². The first-order valence-corrected chi connectivity index (χ1v) is 10.5. The fourth-order valence-corrected chi connectivity index (χ4v) is 3.52. The summed E-state index contributed by atoms with van der Waals surface area (Å²) in [7, 11) is -3.50. The van der Waals surface area contributed by atoms with Gasteiger partial charge in [0.25, 0.3) is 5.91 Å². The second kappa shape index (κ2) is 8.08. The minimum absolute atomic E-state index is 0.0302. The predicted molar refractivity (Wildman–Crippen MR) is 106 cm³/mol. The molecule has 2 aromatic carbocycles. The Morgan fingerprint density at radius 1 is 1.04 bits per heavy atom. The molecule has 0 aromatic heterocycles. The Morgan fingerprint density at radius 3 is 2.07 bits per heavy atom. The SMILES string of the molecule is CC(C)(C)c1ccc(N(CCNC(=O)c2ccc(F)cc2)S(C)(=O)=O)cc1. The Labute approximate surface area is 160 Å². The van der Waals surface area contributed by atoms with Gasteiger partial charge in [0.15, 0.2) is 0 Å². The van der Waals surface area contributed by atoms with E-state index in [9.17, 15) is 17.6 Å². The zero-order valence-electron chi connectivity index (χ0n) is 16.0. The molecule has 0 fully saturated rings. The molecule has 146 valence electrons. The first-order valence-electron chi connectivity index (χ1n) is 8.60. The fraction of sp³-hybridized carbons (Fsp3) is 0.350. The minimum atomic E-state index is -3.50. The maximum Gasteiger partial charge on any atom is 0.251 e. The predicted octanol–water partition coefficient (Wildman–Crippen LogP) is 3.32. The van der Waals surface area contributed by atoms with Crippen LogP contribution in [0, 0.1) is 5.82 Å². The van der Waals surface area contributed by atoms with E-state index >= 15 is 0 Å². The molecule has 0 spiro atoms. The lowest BCUT2D eigenvalue weighted by molar-refractivity contribution is 0.0955. The van der Waals surface area contributed by atoms with Crippen LogP contribution in [0.4, 0.5) is 10.1 Å². The first kappa shape index (κ1) is 20.9. The number of rotatable bonds is 6. The van der Waals surface area contributed by atoms with Gasteiger partial charge >= 0.3 is 0 Å². The molecule has 27 heavy (non-hydrogen) atoms. The quantitative estimate of drug-likeness (QED) is 0.820. The first-order chi connectivity index (χ1) is 12.5. The largest absolute Gasteiger partial charge is 0.350 e. The van der Waals surface area contributed by atoms with Gasteiger partial charge in [-0.2, -0.15) is 0 Å². The van der Waals surface area contributed by atoms with Crippen molar-refractivity contribution in [1.29, 1.82) is 0 Å². The van der Waals surface area contributed by atoms with E-state index in [1.165, 1.54) is 28.6 Å². The minimum Gasteiger partial charge on any atom is -0.350 e. The van der Waals surface area contributed by atoms with Gasteiger partial charge < -0.3 is 5.32 Å². The number of amides is 1. The molecule has 0 unspecified atom stereocenters. The van der Waals surface area contributed by atoms with E-state index in [0.717, 1.165) is 11.8 Å². The van der Waals surface area contributed by atoms with Crippen LogP contribution in [0.25, 0.3) is 0 Å². The average Bonchev–Trinajstić information content (AvgIpc) is 2.57. The Hall–Kier alpha value is -2.41. The zero-order valence-corrected chi connectivity index (χ0v) is 16.8. The molecule has 1 amide bonds. The van der Waals surface area contributed by atoms with Crippen molar-refractivity contribution in [1.82, 2.24) is 5.32 Å². The van der Waals surface area contributed by atoms with Crippen molar-refractivity contribution in [2.75, 3.05) is 23.7 Å². The topological polar surface area (TPSA) is 66.5 Å². The molecule has 2 aromatic rings. The van der Waals surface area contributed by atoms with Crippen LogP contribution in [0.2, 0.25) is 0 Å². The fourth-order valence-electron chi connectivity index (χ4n) is 2.59. The van der Waals surface area contributed by atoms with Crippen LogP contribution >= 0.6 is 0 Å². The number of hydrogen-bond acceptors (Lipinski definition) is 3. The summed E-state index contributed by atoms with van der Waals surface area (Å²) in [6.45, 7) is 6.48. The summed E-state index contributed by atoms with van der Waals surface area (Å²) in [5.41, 5.74) is 1.93. The number of carbonyl (C=O) groups excluding carboxylic acids is 1. The van der Waals surface area contributed by atoms with Crippen LogP contribution < -0.4 is 9.62 Å². The van der Waals surface area contributed by atoms with Crippen molar-refractivity contribution in [2.24, 2.45) is 0 Å². The Morgan fingerprint density at radius 2 is 1.59 bits per heavy atom. The van der Waals surface area contributed by atoms with Gasteiger partial charge in [-0.05, 0) is 47.4 Å². The number of halogens is 1. The Bertz CT molecular complexity index is 886. The average molecular weight is 392 g/mol. The van der Waals surface area contributed by atoms with Crippen LogP contribution in [-0.2, 0) is 15.4 Å². The molecule has 0 saturated carbocycles. The summed E-state index contributed by atoms with van der Waals surface area (Å²) in [6, 6.07) is 12.5. The van der Waals surface area contributed by atoms with Crippen LogP contribution in [0.3, 0.4) is 0 Å².